The molecule has 0 radical (unpaired) electrons. The molecule has 0 saturated heterocycles. The minimum Gasteiger partial charge on any atom is -0.504 e. The van der Waals surface area contributed by atoms with Crippen LogP contribution in [0.1, 0.15) is 21.5 Å². The van der Waals surface area contributed by atoms with Crippen molar-refractivity contribution in [2.24, 2.45) is 4.99 Å². The lowest BCUT2D eigenvalue weighted by atomic mass is 10.1. The van der Waals surface area contributed by atoms with E-state index in [2.05, 4.69) is 20.9 Å². The van der Waals surface area contributed by atoms with E-state index in [0.29, 0.717) is 28.3 Å². The van der Waals surface area contributed by atoms with E-state index in [1.54, 1.807) is 42.5 Å². The highest BCUT2D eigenvalue weighted by Gasteiger charge is 2.09. The van der Waals surface area contributed by atoms with Crippen molar-refractivity contribution in [2.45, 2.75) is 0 Å². The molecule has 0 bridgehead atoms. The van der Waals surface area contributed by atoms with Gasteiger partial charge in [0.25, 0.3) is 0 Å². The Hall–Kier alpha value is -3.38. The number of ketones is 1. The number of hydrogen-bond acceptors (Lipinski definition) is 5. The number of allylic oxidation sites excluding steroid dienone is 1. The molecule has 3 rings (SSSR count). The molecule has 0 aliphatic carbocycles. The third-order valence-electron chi connectivity index (χ3n) is 4.33. The van der Waals surface area contributed by atoms with Gasteiger partial charge in [0, 0.05) is 21.8 Å². The van der Waals surface area contributed by atoms with Gasteiger partial charge in [0.05, 0.1) is 14.2 Å². The van der Waals surface area contributed by atoms with Crippen LogP contribution in [0.3, 0.4) is 0 Å². The summed E-state index contributed by atoms with van der Waals surface area (Å²) in [4.78, 5) is 17.0. The smallest absolute Gasteiger partial charge is 0.185 e. The number of carbonyl (C=O) groups excluding carboxylic acids is 1. The average Bonchev–Trinajstić information content (AvgIpc) is 2.76. The van der Waals surface area contributed by atoms with E-state index in [4.69, 9.17) is 9.47 Å². The molecule has 0 saturated carbocycles. The maximum atomic E-state index is 12.6. The number of hydrogen-bond donors (Lipinski definition) is 1. The van der Waals surface area contributed by atoms with Crippen molar-refractivity contribution in [1.82, 2.24) is 0 Å². The third kappa shape index (κ3) is 5.15. The number of carbonyl (C=O) groups is 1. The van der Waals surface area contributed by atoms with Crippen LogP contribution < -0.4 is 9.47 Å². The molecule has 0 aromatic heterocycles. The molecule has 1 N–H and O–H groups in total. The summed E-state index contributed by atoms with van der Waals surface area (Å²) in [6, 6.07) is 17.8. The predicted molar refractivity (Wildman–Crippen MR) is 122 cm³/mol. The Morgan fingerprint density at radius 1 is 1.00 bits per heavy atom. The fourth-order valence-electron chi connectivity index (χ4n) is 2.77. The van der Waals surface area contributed by atoms with Crippen LogP contribution in [0.15, 0.2) is 76.2 Å². The fraction of sp³-hybridized carbons (Fsp3) is 0.0833. The van der Waals surface area contributed by atoms with E-state index in [9.17, 15) is 9.90 Å². The lowest BCUT2D eigenvalue weighted by molar-refractivity contribution is 0.104. The first-order valence-electron chi connectivity index (χ1n) is 9.08. The van der Waals surface area contributed by atoms with E-state index in [1.165, 1.54) is 26.5 Å². The highest BCUT2D eigenvalue weighted by Crippen LogP contribution is 2.31. The second-order valence-corrected chi connectivity index (χ2v) is 7.21. The first-order chi connectivity index (χ1) is 14.5. The van der Waals surface area contributed by atoms with Crippen molar-refractivity contribution in [3.63, 3.8) is 0 Å². The minimum atomic E-state index is -0.154. The highest BCUT2D eigenvalue weighted by atomic mass is 79.9. The second-order valence-electron chi connectivity index (χ2n) is 6.30. The van der Waals surface area contributed by atoms with Gasteiger partial charge in [-0.3, -0.25) is 9.79 Å². The van der Waals surface area contributed by atoms with E-state index < -0.39 is 0 Å². The third-order valence-corrected chi connectivity index (χ3v) is 4.83. The van der Waals surface area contributed by atoms with Crippen LogP contribution in [0.2, 0.25) is 0 Å². The number of phenolic OH excluding ortho intramolecular Hbond substituents is 1. The van der Waals surface area contributed by atoms with Gasteiger partial charge >= 0.3 is 0 Å². The summed E-state index contributed by atoms with van der Waals surface area (Å²) in [6.07, 6.45) is 4.78. The zero-order valence-electron chi connectivity index (χ0n) is 16.5. The Kier molecular flexibility index (Phi) is 7.03. The van der Waals surface area contributed by atoms with Gasteiger partial charge in [-0.15, -0.1) is 0 Å². The maximum absolute atomic E-state index is 12.6. The molecule has 152 valence electrons. The standard InChI is InChI=1S/C24H20BrNO4/c1-29-22-12-10-17(21(27)11-9-16-5-3-7-19(25)13-16)14-20(22)26-15-18-6-4-8-23(30-2)24(18)28/h3-15,28H,1-2H3/b11-9+,26-15?. The van der Waals surface area contributed by atoms with Crippen molar-refractivity contribution in [3.8, 4) is 17.2 Å². The van der Waals surface area contributed by atoms with Crippen LogP contribution in [0.4, 0.5) is 5.69 Å². The molecule has 6 heteroatoms. The van der Waals surface area contributed by atoms with Crippen molar-refractivity contribution in [2.75, 3.05) is 14.2 Å². The molecule has 0 amide bonds. The minimum absolute atomic E-state index is 0.00750. The predicted octanol–water partition coefficient (Wildman–Crippen LogP) is 5.82. The van der Waals surface area contributed by atoms with Crippen molar-refractivity contribution in [3.05, 3.63) is 87.9 Å². The Balaban J connectivity index is 1.87. The van der Waals surface area contributed by atoms with E-state index in [0.717, 1.165) is 10.0 Å². The van der Waals surface area contributed by atoms with Crippen LogP contribution in [0.25, 0.3) is 6.08 Å². The van der Waals surface area contributed by atoms with E-state index in [-0.39, 0.29) is 11.5 Å². The largest absolute Gasteiger partial charge is 0.504 e. The number of benzene rings is 3. The van der Waals surface area contributed by atoms with Gasteiger partial charge in [-0.25, -0.2) is 0 Å². The summed E-state index contributed by atoms with van der Waals surface area (Å²) in [6.45, 7) is 0. The van der Waals surface area contributed by atoms with Crippen LogP contribution >= 0.6 is 15.9 Å². The van der Waals surface area contributed by atoms with E-state index in [1.807, 2.05) is 24.3 Å². The molecule has 0 atom stereocenters. The molecule has 3 aromatic rings. The first kappa shape index (κ1) is 21.3. The summed E-state index contributed by atoms with van der Waals surface area (Å²) in [5.74, 6) is 0.707. The molecule has 0 unspecified atom stereocenters. The van der Waals surface area contributed by atoms with Gasteiger partial charge in [-0.2, -0.15) is 0 Å². The molecule has 0 spiro atoms. The number of nitrogens with zero attached hydrogens (tertiary/aromatic N) is 1. The van der Waals surface area contributed by atoms with E-state index >= 15 is 0 Å². The SMILES string of the molecule is COc1ccc(C(=O)/C=C/c2cccc(Br)c2)cc1N=Cc1cccc(OC)c1O. The van der Waals surface area contributed by atoms with Gasteiger partial charge in [-0.05, 0) is 54.1 Å². The monoisotopic (exact) mass is 465 g/mol. The maximum Gasteiger partial charge on any atom is 0.185 e. The van der Waals surface area contributed by atoms with Gasteiger partial charge in [0.15, 0.2) is 17.3 Å². The Morgan fingerprint density at radius 3 is 2.50 bits per heavy atom. The molecule has 0 aliphatic heterocycles. The van der Waals surface area contributed by atoms with Gasteiger partial charge in [-0.1, -0.05) is 40.2 Å². The molecular weight excluding hydrogens is 446 g/mol. The van der Waals surface area contributed by atoms with Crippen molar-refractivity contribution < 1.29 is 19.4 Å². The second kappa shape index (κ2) is 9.89. The van der Waals surface area contributed by atoms with Crippen LogP contribution in [0, 0.1) is 0 Å². The molecule has 0 aliphatic rings. The summed E-state index contributed by atoms with van der Waals surface area (Å²) < 4.78 is 11.4. The number of para-hydroxylation sites is 1. The van der Waals surface area contributed by atoms with Crippen molar-refractivity contribution >= 4 is 39.7 Å². The fourth-order valence-corrected chi connectivity index (χ4v) is 3.19. The lowest BCUT2D eigenvalue weighted by Crippen LogP contribution is -1.95. The van der Waals surface area contributed by atoms with Crippen LogP contribution in [-0.4, -0.2) is 31.3 Å². The quantitative estimate of drug-likeness (QED) is 0.271. The number of phenols is 1. The lowest BCUT2D eigenvalue weighted by Gasteiger charge is -2.07. The zero-order chi connectivity index (χ0) is 21.5. The van der Waals surface area contributed by atoms with Crippen molar-refractivity contribution in [1.29, 1.82) is 0 Å². The number of aromatic hydroxyl groups is 1. The van der Waals surface area contributed by atoms with Gasteiger partial charge in [0.1, 0.15) is 11.4 Å². The van der Waals surface area contributed by atoms with Gasteiger partial charge < -0.3 is 14.6 Å². The molecular formula is C24H20BrNO4. The summed E-state index contributed by atoms with van der Waals surface area (Å²) >= 11 is 3.42. The molecule has 0 fully saturated rings. The molecule has 3 aromatic carbocycles. The molecule has 5 nitrogen and oxygen atoms in total. The summed E-state index contributed by atoms with van der Waals surface area (Å²) in [5, 5.41) is 10.2. The Bertz CT molecular complexity index is 1120. The Labute approximate surface area is 183 Å². The molecule has 30 heavy (non-hydrogen) atoms. The van der Waals surface area contributed by atoms with Crippen LogP contribution in [-0.2, 0) is 0 Å². The number of aliphatic imine (C=N–C) groups is 1. The van der Waals surface area contributed by atoms with Gasteiger partial charge in [0.2, 0.25) is 0 Å². The first-order valence-corrected chi connectivity index (χ1v) is 9.87. The normalized spacial score (nSPS) is 11.2. The molecule has 0 heterocycles. The zero-order valence-corrected chi connectivity index (χ0v) is 18.1. The van der Waals surface area contributed by atoms with Crippen LogP contribution in [0.5, 0.6) is 17.2 Å². The number of halogens is 1. The summed E-state index contributed by atoms with van der Waals surface area (Å²) in [5.41, 5.74) is 2.35. The topological polar surface area (TPSA) is 68.1 Å². The number of methoxy groups -OCH3 is 2. The number of ether oxygens (including phenoxy) is 2. The Morgan fingerprint density at radius 2 is 1.77 bits per heavy atom. The summed E-state index contributed by atoms with van der Waals surface area (Å²) in [7, 11) is 3.02. The highest BCUT2D eigenvalue weighted by molar-refractivity contribution is 9.10. The number of rotatable bonds is 7. The average molecular weight is 466 g/mol.